The van der Waals surface area contributed by atoms with Gasteiger partial charge < -0.3 is 5.32 Å². The summed E-state index contributed by atoms with van der Waals surface area (Å²) in [7, 11) is 0. The average molecular weight is 420 g/mol. The van der Waals surface area contributed by atoms with Crippen LogP contribution in [0.2, 0.25) is 0 Å². The Labute approximate surface area is 126 Å². The molecule has 2 rings (SSSR count). The van der Waals surface area contributed by atoms with E-state index in [0.29, 0.717) is 0 Å². The van der Waals surface area contributed by atoms with E-state index in [1.54, 1.807) is 0 Å². The summed E-state index contributed by atoms with van der Waals surface area (Å²) in [4.78, 5) is 0. The standard InChI is InChI=1S/C13H10Br3N/c14-10-3-1-2-9(6-10)8-17-13-7-11(15)4-5-12(13)16/h1-7,17H,8H2. The van der Waals surface area contributed by atoms with Crippen LogP contribution in [0, 0.1) is 0 Å². The van der Waals surface area contributed by atoms with E-state index in [4.69, 9.17) is 0 Å². The van der Waals surface area contributed by atoms with Crippen molar-refractivity contribution >= 4 is 53.5 Å². The molecule has 0 aliphatic heterocycles. The molecule has 0 heterocycles. The molecule has 0 amide bonds. The second-order valence-corrected chi connectivity index (χ2v) is 6.29. The van der Waals surface area contributed by atoms with Crippen LogP contribution in [0.25, 0.3) is 0 Å². The molecule has 0 radical (unpaired) electrons. The van der Waals surface area contributed by atoms with Gasteiger partial charge in [0.2, 0.25) is 0 Å². The fourth-order valence-electron chi connectivity index (χ4n) is 1.48. The largest absolute Gasteiger partial charge is 0.380 e. The average Bonchev–Trinajstić information content (AvgIpc) is 2.30. The van der Waals surface area contributed by atoms with Crippen LogP contribution in [0.1, 0.15) is 5.56 Å². The summed E-state index contributed by atoms with van der Waals surface area (Å²) in [5.41, 5.74) is 2.32. The van der Waals surface area contributed by atoms with Crippen LogP contribution >= 0.6 is 47.8 Å². The van der Waals surface area contributed by atoms with E-state index < -0.39 is 0 Å². The van der Waals surface area contributed by atoms with E-state index in [1.807, 2.05) is 24.3 Å². The molecule has 0 bridgehead atoms. The predicted molar refractivity (Wildman–Crippen MR) is 83.3 cm³/mol. The first-order chi connectivity index (χ1) is 8.15. The molecule has 0 unspecified atom stereocenters. The Morgan fingerprint density at radius 2 is 1.65 bits per heavy atom. The molecule has 0 aliphatic carbocycles. The molecular weight excluding hydrogens is 410 g/mol. The summed E-state index contributed by atoms with van der Waals surface area (Å²) in [5, 5.41) is 3.40. The van der Waals surface area contributed by atoms with Crippen LogP contribution in [0.15, 0.2) is 55.9 Å². The molecule has 0 saturated carbocycles. The molecule has 4 heteroatoms. The van der Waals surface area contributed by atoms with Gasteiger partial charge in [-0.3, -0.25) is 0 Å². The van der Waals surface area contributed by atoms with Crippen molar-refractivity contribution in [1.82, 2.24) is 0 Å². The number of hydrogen-bond donors (Lipinski definition) is 1. The molecule has 1 nitrogen and oxygen atoms in total. The Balaban J connectivity index is 2.09. The summed E-state index contributed by atoms with van der Waals surface area (Å²) in [5.74, 6) is 0. The predicted octanol–water partition coefficient (Wildman–Crippen LogP) is 5.59. The van der Waals surface area contributed by atoms with Gasteiger partial charge in [-0.25, -0.2) is 0 Å². The molecule has 0 saturated heterocycles. The molecule has 17 heavy (non-hydrogen) atoms. The number of halogens is 3. The van der Waals surface area contributed by atoms with Gasteiger partial charge in [0.05, 0.1) is 0 Å². The molecule has 2 aromatic rings. The Morgan fingerprint density at radius 3 is 2.41 bits per heavy atom. The van der Waals surface area contributed by atoms with E-state index in [0.717, 1.165) is 25.7 Å². The van der Waals surface area contributed by atoms with Crippen molar-refractivity contribution in [3.05, 3.63) is 61.4 Å². The molecule has 88 valence electrons. The van der Waals surface area contributed by atoms with Crippen molar-refractivity contribution in [3.63, 3.8) is 0 Å². The van der Waals surface area contributed by atoms with Gasteiger partial charge in [0.25, 0.3) is 0 Å². The topological polar surface area (TPSA) is 12.0 Å². The molecule has 2 aromatic carbocycles. The van der Waals surface area contributed by atoms with Gasteiger partial charge in [0.1, 0.15) is 0 Å². The maximum absolute atomic E-state index is 3.53. The van der Waals surface area contributed by atoms with Gasteiger partial charge in [-0.15, -0.1) is 0 Å². The molecule has 0 spiro atoms. The summed E-state index contributed by atoms with van der Waals surface area (Å²) in [6, 6.07) is 14.4. The summed E-state index contributed by atoms with van der Waals surface area (Å²) in [6.07, 6.45) is 0. The molecule has 0 aromatic heterocycles. The highest BCUT2D eigenvalue weighted by Gasteiger charge is 2.00. The first kappa shape index (κ1) is 13.1. The van der Waals surface area contributed by atoms with Gasteiger partial charge in [-0.1, -0.05) is 44.0 Å². The number of hydrogen-bond acceptors (Lipinski definition) is 1. The van der Waals surface area contributed by atoms with Crippen molar-refractivity contribution in [3.8, 4) is 0 Å². The summed E-state index contributed by atoms with van der Waals surface area (Å²) >= 11 is 10.5. The Hall–Kier alpha value is -0.320. The fourth-order valence-corrected chi connectivity index (χ4v) is 2.67. The SMILES string of the molecule is Brc1cccc(CNc2cc(Br)ccc2Br)c1. The number of anilines is 1. The lowest BCUT2D eigenvalue weighted by atomic mass is 10.2. The smallest absolute Gasteiger partial charge is 0.0498 e. The highest BCUT2D eigenvalue weighted by molar-refractivity contribution is 9.11. The zero-order valence-electron chi connectivity index (χ0n) is 8.88. The summed E-state index contributed by atoms with van der Waals surface area (Å²) < 4.78 is 3.23. The minimum Gasteiger partial charge on any atom is -0.380 e. The van der Waals surface area contributed by atoms with Gasteiger partial charge in [0.15, 0.2) is 0 Å². The lowest BCUT2D eigenvalue weighted by Gasteiger charge is -2.09. The molecule has 0 aliphatic rings. The molecule has 0 atom stereocenters. The van der Waals surface area contributed by atoms with E-state index in [1.165, 1.54) is 5.56 Å². The van der Waals surface area contributed by atoms with E-state index >= 15 is 0 Å². The van der Waals surface area contributed by atoms with E-state index in [2.05, 4.69) is 71.3 Å². The second-order valence-electron chi connectivity index (χ2n) is 3.61. The van der Waals surface area contributed by atoms with Crippen molar-refractivity contribution in [2.75, 3.05) is 5.32 Å². The maximum atomic E-state index is 3.53. The number of nitrogens with one attached hydrogen (secondary N) is 1. The third-order valence-electron chi connectivity index (χ3n) is 2.30. The van der Waals surface area contributed by atoms with Crippen LogP contribution < -0.4 is 5.32 Å². The quantitative estimate of drug-likeness (QED) is 0.684. The number of rotatable bonds is 3. The van der Waals surface area contributed by atoms with Gasteiger partial charge >= 0.3 is 0 Å². The highest BCUT2D eigenvalue weighted by atomic mass is 79.9. The van der Waals surface area contributed by atoms with Crippen molar-refractivity contribution in [1.29, 1.82) is 0 Å². The molecular formula is C13H10Br3N. The lowest BCUT2D eigenvalue weighted by Crippen LogP contribution is -1.99. The van der Waals surface area contributed by atoms with E-state index in [-0.39, 0.29) is 0 Å². The number of benzene rings is 2. The monoisotopic (exact) mass is 417 g/mol. The van der Waals surface area contributed by atoms with Crippen LogP contribution in [0.4, 0.5) is 5.69 Å². The summed E-state index contributed by atoms with van der Waals surface area (Å²) in [6.45, 7) is 0.800. The molecule has 0 fully saturated rings. The minimum atomic E-state index is 0.800. The van der Waals surface area contributed by atoms with Gasteiger partial charge in [-0.05, 0) is 51.8 Å². The second kappa shape index (κ2) is 6.03. The third-order valence-corrected chi connectivity index (χ3v) is 3.98. The van der Waals surface area contributed by atoms with Crippen molar-refractivity contribution in [2.24, 2.45) is 0 Å². The van der Waals surface area contributed by atoms with Crippen LogP contribution in [-0.4, -0.2) is 0 Å². The van der Waals surface area contributed by atoms with Crippen LogP contribution in [-0.2, 0) is 6.54 Å². The van der Waals surface area contributed by atoms with Crippen molar-refractivity contribution in [2.45, 2.75) is 6.54 Å². The fraction of sp³-hybridized carbons (Fsp3) is 0.0769. The molecule has 1 N–H and O–H groups in total. The highest BCUT2D eigenvalue weighted by Crippen LogP contribution is 2.26. The first-order valence-corrected chi connectivity index (χ1v) is 7.46. The van der Waals surface area contributed by atoms with Gasteiger partial charge in [-0.2, -0.15) is 0 Å². The first-order valence-electron chi connectivity index (χ1n) is 5.08. The van der Waals surface area contributed by atoms with Crippen LogP contribution in [0.3, 0.4) is 0 Å². The van der Waals surface area contributed by atoms with Crippen LogP contribution in [0.5, 0.6) is 0 Å². The minimum absolute atomic E-state index is 0.800. The zero-order valence-corrected chi connectivity index (χ0v) is 13.6. The Kier molecular flexibility index (Phi) is 4.65. The Morgan fingerprint density at radius 1 is 0.882 bits per heavy atom. The maximum Gasteiger partial charge on any atom is 0.0498 e. The van der Waals surface area contributed by atoms with E-state index in [9.17, 15) is 0 Å². The zero-order chi connectivity index (χ0) is 12.3. The normalized spacial score (nSPS) is 10.3. The van der Waals surface area contributed by atoms with Gasteiger partial charge in [0, 0.05) is 25.7 Å². The lowest BCUT2D eigenvalue weighted by molar-refractivity contribution is 1.14. The van der Waals surface area contributed by atoms with Crippen molar-refractivity contribution < 1.29 is 0 Å². The third kappa shape index (κ3) is 3.83. The Bertz CT molecular complexity index is 526.